The fraction of sp³-hybridized carbons (Fsp3) is 0.500. The van der Waals surface area contributed by atoms with Crippen molar-refractivity contribution in [3.8, 4) is 0 Å². The molecule has 2 rings (SSSR count). The molecule has 0 aliphatic carbocycles. The second-order valence-corrected chi connectivity index (χ2v) is 5.04. The third kappa shape index (κ3) is 3.49. The van der Waals surface area contributed by atoms with Crippen LogP contribution in [0.1, 0.15) is 25.3 Å². The molecular weight excluding hydrogens is 274 g/mol. The van der Waals surface area contributed by atoms with Crippen molar-refractivity contribution in [1.29, 1.82) is 0 Å². The Hall–Kier alpha value is -2.15. The lowest BCUT2D eigenvalue weighted by molar-refractivity contribution is -0.383. The standard InChI is InChI=1S/C14H19N3O4/c1-3-10(8-21-2)15-12-6-9-4-5-14(18)16-11(9)7-13(12)17(19)20/h6-7,10,15H,3-5,8H2,1-2H3,(H,16,18). The largest absolute Gasteiger partial charge is 0.383 e. The number of anilines is 2. The summed E-state index contributed by atoms with van der Waals surface area (Å²) in [5.74, 6) is -0.108. The number of nitrogens with zero attached hydrogens (tertiary/aromatic N) is 1. The van der Waals surface area contributed by atoms with E-state index in [1.807, 2.05) is 6.92 Å². The molecule has 0 spiro atoms. The molecule has 7 heteroatoms. The molecule has 7 nitrogen and oxygen atoms in total. The topological polar surface area (TPSA) is 93.5 Å². The summed E-state index contributed by atoms with van der Waals surface area (Å²) in [6.45, 7) is 2.46. The SMILES string of the molecule is CCC(COC)Nc1cc2c(cc1[N+](=O)[O-])NC(=O)CC2. The molecule has 1 aromatic carbocycles. The summed E-state index contributed by atoms with van der Waals surface area (Å²) in [4.78, 5) is 22.2. The van der Waals surface area contributed by atoms with Gasteiger partial charge in [-0.25, -0.2) is 0 Å². The number of aryl methyl sites for hydroxylation is 1. The molecule has 0 radical (unpaired) electrons. The highest BCUT2D eigenvalue weighted by Crippen LogP contribution is 2.34. The lowest BCUT2D eigenvalue weighted by Crippen LogP contribution is -2.25. The Kier molecular flexibility index (Phi) is 4.74. The van der Waals surface area contributed by atoms with Gasteiger partial charge >= 0.3 is 0 Å². The predicted molar refractivity (Wildman–Crippen MR) is 79.6 cm³/mol. The van der Waals surface area contributed by atoms with Crippen LogP contribution in [0.2, 0.25) is 0 Å². The van der Waals surface area contributed by atoms with E-state index in [1.165, 1.54) is 6.07 Å². The van der Waals surface area contributed by atoms with E-state index in [-0.39, 0.29) is 17.6 Å². The van der Waals surface area contributed by atoms with Crippen LogP contribution < -0.4 is 10.6 Å². The molecule has 1 aliphatic rings. The highest BCUT2D eigenvalue weighted by Gasteiger charge is 2.23. The molecule has 2 N–H and O–H groups in total. The Labute approximate surface area is 122 Å². The highest BCUT2D eigenvalue weighted by atomic mass is 16.6. The Morgan fingerprint density at radius 3 is 2.86 bits per heavy atom. The number of benzene rings is 1. The number of methoxy groups -OCH3 is 1. The number of nitrogens with one attached hydrogen (secondary N) is 2. The minimum Gasteiger partial charge on any atom is -0.383 e. The number of carbonyl (C=O) groups is 1. The fourth-order valence-electron chi connectivity index (χ4n) is 2.37. The normalized spacial score (nSPS) is 15.0. The minimum absolute atomic E-state index is 0.00457. The van der Waals surface area contributed by atoms with Crippen LogP contribution in [0.3, 0.4) is 0 Å². The van der Waals surface area contributed by atoms with E-state index in [1.54, 1.807) is 13.2 Å². The van der Waals surface area contributed by atoms with Crippen molar-refractivity contribution in [3.05, 3.63) is 27.8 Å². The zero-order valence-corrected chi connectivity index (χ0v) is 12.1. The van der Waals surface area contributed by atoms with E-state index in [0.717, 1.165) is 12.0 Å². The van der Waals surface area contributed by atoms with Crippen LogP contribution in [0, 0.1) is 10.1 Å². The maximum Gasteiger partial charge on any atom is 0.294 e. The number of amides is 1. The Morgan fingerprint density at radius 2 is 2.24 bits per heavy atom. The van der Waals surface area contributed by atoms with Gasteiger partial charge in [-0.3, -0.25) is 14.9 Å². The zero-order chi connectivity index (χ0) is 15.4. The third-order valence-electron chi connectivity index (χ3n) is 3.53. The molecule has 1 amide bonds. The van der Waals surface area contributed by atoms with Gasteiger partial charge in [0.15, 0.2) is 0 Å². The first kappa shape index (κ1) is 15.2. The van der Waals surface area contributed by atoms with E-state index in [0.29, 0.717) is 30.8 Å². The Morgan fingerprint density at radius 1 is 1.48 bits per heavy atom. The van der Waals surface area contributed by atoms with Gasteiger partial charge < -0.3 is 15.4 Å². The molecular formula is C14H19N3O4. The number of hydrogen-bond donors (Lipinski definition) is 2. The maximum atomic E-state index is 11.4. The molecule has 114 valence electrons. The smallest absolute Gasteiger partial charge is 0.294 e. The molecule has 1 atom stereocenters. The molecule has 1 aliphatic heterocycles. The number of nitro groups is 1. The van der Waals surface area contributed by atoms with Gasteiger partial charge in [0.2, 0.25) is 5.91 Å². The second kappa shape index (κ2) is 6.53. The number of hydrogen-bond acceptors (Lipinski definition) is 5. The first-order valence-corrected chi connectivity index (χ1v) is 6.91. The van der Waals surface area contributed by atoms with Gasteiger partial charge in [0.25, 0.3) is 5.69 Å². The third-order valence-corrected chi connectivity index (χ3v) is 3.53. The number of nitro benzene ring substituents is 1. The second-order valence-electron chi connectivity index (χ2n) is 5.04. The molecule has 1 unspecified atom stereocenters. The van der Waals surface area contributed by atoms with Crippen molar-refractivity contribution in [2.75, 3.05) is 24.4 Å². The van der Waals surface area contributed by atoms with Crippen LogP contribution in [-0.4, -0.2) is 30.6 Å². The van der Waals surface area contributed by atoms with E-state index in [4.69, 9.17) is 4.74 Å². The van der Waals surface area contributed by atoms with Gasteiger partial charge in [0, 0.05) is 25.6 Å². The van der Waals surface area contributed by atoms with Crippen molar-refractivity contribution in [2.24, 2.45) is 0 Å². The summed E-state index contributed by atoms with van der Waals surface area (Å²) in [6.07, 6.45) is 1.78. The van der Waals surface area contributed by atoms with Crippen LogP contribution in [-0.2, 0) is 16.0 Å². The average Bonchev–Trinajstić information content (AvgIpc) is 2.46. The summed E-state index contributed by atoms with van der Waals surface area (Å²) in [6, 6.07) is 3.18. The Bertz CT molecular complexity index is 559. The molecule has 1 heterocycles. The summed E-state index contributed by atoms with van der Waals surface area (Å²) >= 11 is 0. The average molecular weight is 293 g/mol. The van der Waals surface area contributed by atoms with Crippen molar-refractivity contribution in [3.63, 3.8) is 0 Å². The van der Waals surface area contributed by atoms with Gasteiger partial charge in [0.1, 0.15) is 5.69 Å². The number of rotatable bonds is 6. The number of fused-ring (bicyclic) bond motifs is 1. The molecule has 21 heavy (non-hydrogen) atoms. The first-order chi connectivity index (χ1) is 10.0. The quantitative estimate of drug-likeness (QED) is 0.620. The van der Waals surface area contributed by atoms with E-state index < -0.39 is 4.92 Å². The van der Waals surface area contributed by atoms with Crippen LogP contribution in [0.15, 0.2) is 12.1 Å². The van der Waals surface area contributed by atoms with Crippen LogP contribution in [0.25, 0.3) is 0 Å². The van der Waals surface area contributed by atoms with Gasteiger partial charge in [0.05, 0.1) is 17.2 Å². The predicted octanol–water partition coefficient (Wildman–Crippen LogP) is 2.32. The van der Waals surface area contributed by atoms with E-state index >= 15 is 0 Å². The van der Waals surface area contributed by atoms with Crippen molar-refractivity contribution < 1.29 is 14.5 Å². The molecule has 0 saturated heterocycles. The van der Waals surface area contributed by atoms with Gasteiger partial charge in [-0.05, 0) is 24.5 Å². The summed E-state index contributed by atoms with van der Waals surface area (Å²) in [5.41, 5.74) is 1.88. The summed E-state index contributed by atoms with van der Waals surface area (Å²) < 4.78 is 5.10. The zero-order valence-electron chi connectivity index (χ0n) is 12.1. The Balaban J connectivity index is 2.35. The maximum absolute atomic E-state index is 11.4. The first-order valence-electron chi connectivity index (χ1n) is 6.91. The fourth-order valence-corrected chi connectivity index (χ4v) is 2.37. The summed E-state index contributed by atoms with van der Waals surface area (Å²) in [7, 11) is 1.60. The molecule has 0 fully saturated rings. The number of ether oxygens (including phenoxy) is 1. The molecule has 1 aromatic rings. The van der Waals surface area contributed by atoms with Crippen LogP contribution in [0.4, 0.5) is 17.1 Å². The van der Waals surface area contributed by atoms with Crippen molar-refractivity contribution in [1.82, 2.24) is 0 Å². The van der Waals surface area contributed by atoms with E-state index in [9.17, 15) is 14.9 Å². The number of carbonyl (C=O) groups excluding carboxylic acids is 1. The lowest BCUT2D eigenvalue weighted by atomic mass is 10.0. The molecule has 0 aromatic heterocycles. The van der Waals surface area contributed by atoms with Gasteiger partial charge in [-0.15, -0.1) is 0 Å². The van der Waals surface area contributed by atoms with Crippen LogP contribution in [0.5, 0.6) is 0 Å². The monoisotopic (exact) mass is 293 g/mol. The van der Waals surface area contributed by atoms with Gasteiger partial charge in [-0.1, -0.05) is 6.92 Å². The summed E-state index contributed by atoms with van der Waals surface area (Å²) in [5, 5.41) is 17.1. The van der Waals surface area contributed by atoms with Gasteiger partial charge in [-0.2, -0.15) is 0 Å². The minimum atomic E-state index is -0.442. The van der Waals surface area contributed by atoms with Crippen molar-refractivity contribution >= 4 is 23.0 Å². The van der Waals surface area contributed by atoms with Crippen LogP contribution >= 0.6 is 0 Å². The van der Waals surface area contributed by atoms with Crippen molar-refractivity contribution in [2.45, 2.75) is 32.2 Å². The lowest BCUT2D eigenvalue weighted by Gasteiger charge is -2.21. The van der Waals surface area contributed by atoms with E-state index in [2.05, 4.69) is 10.6 Å². The highest BCUT2D eigenvalue weighted by molar-refractivity contribution is 5.95. The molecule has 0 saturated carbocycles. The molecule has 0 bridgehead atoms.